The number of benzene rings is 3. The van der Waals surface area contributed by atoms with Crippen molar-refractivity contribution < 1.29 is 23.5 Å². The van der Waals surface area contributed by atoms with Gasteiger partial charge in [-0.1, -0.05) is 54.1 Å². The number of aromatic nitrogens is 1. The topological polar surface area (TPSA) is 80.6 Å². The molecule has 1 aliphatic heterocycles. The van der Waals surface area contributed by atoms with Gasteiger partial charge in [-0.3, -0.25) is 14.4 Å². The predicted octanol–water partition coefficient (Wildman–Crippen LogP) is 5.52. The first-order valence-corrected chi connectivity index (χ1v) is 14.0. The van der Waals surface area contributed by atoms with Gasteiger partial charge in [0, 0.05) is 40.8 Å². The van der Waals surface area contributed by atoms with E-state index in [9.17, 15) is 18.8 Å². The van der Waals surface area contributed by atoms with Crippen molar-refractivity contribution in [3.05, 3.63) is 100 Å². The second-order valence-corrected chi connectivity index (χ2v) is 11.1. The summed E-state index contributed by atoms with van der Waals surface area (Å²) < 4.78 is 22.0. The van der Waals surface area contributed by atoms with Crippen molar-refractivity contribution >= 4 is 40.1 Å². The van der Waals surface area contributed by atoms with Crippen LogP contribution in [0.15, 0.2) is 72.9 Å². The Hall–Kier alpha value is -4.17. The summed E-state index contributed by atoms with van der Waals surface area (Å²) in [6.07, 6.45) is 3.14. The van der Waals surface area contributed by atoms with Crippen molar-refractivity contribution in [2.24, 2.45) is 5.92 Å². The number of fused-ring (bicyclic) bond motifs is 2. The average molecular weight is 574 g/mol. The minimum Gasteiger partial charge on any atom is -0.489 e. The number of Topliss-reactive ketones (excluding diaryl/α,β-unsaturated/α-hetero) is 1. The zero-order valence-electron chi connectivity index (χ0n) is 22.5. The van der Waals surface area contributed by atoms with Crippen LogP contribution in [0, 0.1) is 11.7 Å². The molecule has 3 aromatic carbocycles. The first kappa shape index (κ1) is 27.0. The van der Waals surface area contributed by atoms with Gasteiger partial charge in [-0.15, -0.1) is 0 Å². The molecule has 6 rings (SSSR count). The van der Waals surface area contributed by atoms with Crippen LogP contribution >= 0.6 is 11.6 Å². The first-order chi connectivity index (χ1) is 19.8. The first-order valence-electron chi connectivity index (χ1n) is 13.6. The van der Waals surface area contributed by atoms with E-state index >= 15 is 0 Å². The summed E-state index contributed by atoms with van der Waals surface area (Å²) in [5, 5.41) is 3.48. The molecule has 1 saturated heterocycles. The van der Waals surface area contributed by atoms with E-state index in [0.29, 0.717) is 29.7 Å². The van der Waals surface area contributed by atoms with Gasteiger partial charge in [0.1, 0.15) is 30.8 Å². The standard InChI is InChI=1S/C32H29ClFN3O4/c1-19(38)25-16-36(27-11-10-23(14-24(25)27)41-18-20-6-3-2-4-7-20)17-30(39)37-28-12-22(28)13-29(37)32(40)35-15-21-8-5-9-26(33)31(21)34/h2-11,14,16,22,28-29H,12-13,15,17-18H2,1H3,(H,35,40)/t22-,28-,29+/m1/s1. The van der Waals surface area contributed by atoms with Crippen LogP contribution in [0.1, 0.15) is 41.3 Å². The van der Waals surface area contributed by atoms with E-state index in [1.54, 1.807) is 27.8 Å². The molecule has 2 fully saturated rings. The van der Waals surface area contributed by atoms with Gasteiger partial charge < -0.3 is 19.5 Å². The van der Waals surface area contributed by atoms with Crippen LogP contribution < -0.4 is 10.1 Å². The van der Waals surface area contributed by atoms with E-state index in [1.807, 2.05) is 48.5 Å². The van der Waals surface area contributed by atoms with Gasteiger partial charge in [0.2, 0.25) is 11.8 Å². The molecule has 2 amide bonds. The Kier molecular flexibility index (Phi) is 7.26. The van der Waals surface area contributed by atoms with Crippen molar-refractivity contribution in [2.45, 2.75) is 51.5 Å². The average Bonchev–Trinajstić information content (AvgIpc) is 3.48. The second-order valence-electron chi connectivity index (χ2n) is 10.7. The van der Waals surface area contributed by atoms with Crippen LogP contribution in [0.2, 0.25) is 5.02 Å². The van der Waals surface area contributed by atoms with Crippen molar-refractivity contribution in [1.29, 1.82) is 0 Å². The highest BCUT2D eigenvalue weighted by atomic mass is 35.5. The van der Waals surface area contributed by atoms with E-state index in [2.05, 4.69) is 5.32 Å². The molecule has 0 bridgehead atoms. The normalized spacial score (nSPS) is 19.2. The van der Waals surface area contributed by atoms with E-state index in [0.717, 1.165) is 17.5 Å². The lowest BCUT2D eigenvalue weighted by Crippen LogP contribution is -2.48. The lowest BCUT2D eigenvalue weighted by molar-refractivity contribution is -0.140. The third-order valence-corrected chi connectivity index (χ3v) is 8.26. The monoisotopic (exact) mass is 573 g/mol. The number of ketones is 1. The second kappa shape index (κ2) is 11.0. The van der Waals surface area contributed by atoms with Crippen LogP contribution in [0.5, 0.6) is 5.75 Å². The Morgan fingerprint density at radius 2 is 1.85 bits per heavy atom. The number of halogens is 2. The van der Waals surface area contributed by atoms with Crippen LogP contribution in [0.4, 0.5) is 4.39 Å². The van der Waals surface area contributed by atoms with Crippen LogP contribution in [0.25, 0.3) is 10.9 Å². The Labute approximate surface area is 241 Å². The summed E-state index contributed by atoms with van der Waals surface area (Å²) in [6.45, 7) is 1.87. The van der Waals surface area contributed by atoms with Crippen molar-refractivity contribution in [3.63, 3.8) is 0 Å². The molecule has 1 saturated carbocycles. The van der Waals surface area contributed by atoms with E-state index in [-0.39, 0.29) is 53.2 Å². The van der Waals surface area contributed by atoms with Crippen LogP contribution in [-0.4, -0.2) is 39.1 Å². The van der Waals surface area contributed by atoms with Crippen LogP contribution in [0.3, 0.4) is 0 Å². The zero-order chi connectivity index (χ0) is 28.7. The van der Waals surface area contributed by atoms with E-state index in [1.165, 1.54) is 13.0 Å². The third kappa shape index (κ3) is 5.44. The van der Waals surface area contributed by atoms with Gasteiger partial charge in [0.15, 0.2) is 5.78 Å². The number of piperidine rings is 1. The Morgan fingerprint density at radius 3 is 2.63 bits per heavy atom. The van der Waals surface area contributed by atoms with Gasteiger partial charge in [-0.05, 0) is 55.5 Å². The highest BCUT2D eigenvalue weighted by molar-refractivity contribution is 6.30. The molecule has 0 spiro atoms. The van der Waals surface area contributed by atoms with Gasteiger partial charge in [-0.25, -0.2) is 4.39 Å². The molecular weight excluding hydrogens is 545 g/mol. The van der Waals surface area contributed by atoms with Gasteiger partial charge in [0.25, 0.3) is 0 Å². The summed E-state index contributed by atoms with van der Waals surface area (Å²) in [6, 6.07) is 19.4. The van der Waals surface area contributed by atoms with Crippen molar-refractivity contribution in [3.8, 4) is 5.75 Å². The molecule has 3 atom stereocenters. The molecule has 2 aliphatic rings. The molecule has 2 heterocycles. The van der Waals surface area contributed by atoms with Gasteiger partial charge in [0.05, 0.1) is 5.02 Å². The largest absolute Gasteiger partial charge is 0.489 e. The minimum atomic E-state index is -0.624. The molecule has 210 valence electrons. The number of hydrogen-bond donors (Lipinski definition) is 1. The number of nitrogens with zero attached hydrogens (tertiary/aromatic N) is 2. The number of amides is 2. The predicted molar refractivity (Wildman–Crippen MR) is 153 cm³/mol. The maximum absolute atomic E-state index is 14.3. The number of carbonyl (C=O) groups excluding carboxylic acids is 3. The summed E-state index contributed by atoms with van der Waals surface area (Å²) in [7, 11) is 0. The fourth-order valence-corrected chi connectivity index (χ4v) is 5.97. The molecule has 41 heavy (non-hydrogen) atoms. The lowest BCUT2D eigenvalue weighted by atomic mass is 10.1. The molecule has 1 aliphatic carbocycles. The van der Waals surface area contributed by atoms with E-state index in [4.69, 9.17) is 16.3 Å². The lowest BCUT2D eigenvalue weighted by Gasteiger charge is -2.27. The minimum absolute atomic E-state index is 0.00517. The summed E-state index contributed by atoms with van der Waals surface area (Å²) in [4.78, 5) is 40.9. The Morgan fingerprint density at radius 1 is 1.05 bits per heavy atom. The Balaban J connectivity index is 1.18. The number of carbonyl (C=O) groups is 3. The van der Waals surface area contributed by atoms with Gasteiger partial charge in [-0.2, -0.15) is 0 Å². The number of nitrogens with one attached hydrogen (secondary N) is 1. The van der Waals surface area contributed by atoms with Crippen LogP contribution in [-0.2, 0) is 29.3 Å². The van der Waals surface area contributed by atoms with Crippen molar-refractivity contribution in [1.82, 2.24) is 14.8 Å². The molecule has 7 nitrogen and oxygen atoms in total. The summed E-state index contributed by atoms with van der Waals surface area (Å²) >= 11 is 5.86. The number of hydrogen-bond acceptors (Lipinski definition) is 4. The number of rotatable bonds is 9. The highest BCUT2D eigenvalue weighted by Crippen LogP contribution is 2.48. The zero-order valence-corrected chi connectivity index (χ0v) is 23.2. The molecule has 1 N–H and O–H groups in total. The molecule has 1 aromatic heterocycles. The third-order valence-electron chi connectivity index (χ3n) is 7.97. The molecular formula is C32H29ClFN3O4. The fourth-order valence-electron chi connectivity index (χ4n) is 5.78. The maximum Gasteiger partial charge on any atom is 0.243 e. The number of likely N-dealkylation sites (tertiary alicyclic amines) is 1. The van der Waals surface area contributed by atoms with Gasteiger partial charge >= 0.3 is 0 Å². The SMILES string of the molecule is CC(=O)c1cn(CC(=O)N2[C@@H]3C[C@@H]3C[C@H]2C(=O)NCc2cccc(Cl)c2F)c2ccc(OCc3ccccc3)cc12. The maximum atomic E-state index is 14.3. The van der Waals surface area contributed by atoms with Crippen molar-refractivity contribution in [2.75, 3.05) is 0 Å². The molecule has 9 heteroatoms. The summed E-state index contributed by atoms with van der Waals surface area (Å²) in [5.41, 5.74) is 2.55. The molecule has 0 unspecified atom stereocenters. The summed E-state index contributed by atoms with van der Waals surface area (Å²) in [5.74, 6) is -0.272. The fraction of sp³-hybridized carbons (Fsp3) is 0.281. The molecule has 0 radical (unpaired) electrons. The smallest absolute Gasteiger partial charge is 0.243 e. The highest BCUT2D eigenvalue weighted by Gasteiger charge is 2.55. The Bertz CT molecular complexity index is 1650. The van der Waals surface area contributed by atoms with E-state index < -0.39 is 11.9 Å². The quantitative estimate of drug-likeness (QED) is 0.267. The molecule has 4 aromatic rings. The number of ether oxygens (including phenoxy) is 1.